The number of amides is 1. The third-order valence-electron chi connectivity index (χ3n) is 3.89. The van der Waals surface area contributed by atoms with Crippen molar-refractivity contribution in [1.29, 1.82) is 0 Å². The van der Waals surface area contributed by atoms with Crippen LogP contribution in [0.3, 0.4) is 0 Å². The molecule has 1 aromatic carbocycles. The number of carbonyl (C=O) groups is 1. The summed E-state index contributed by atoms with van der Waals surface area (Å²) in [6.07, 6.45) is 1.68. The first-order chi connectivity index (χ1) is 11.5. The van der Waals surface area contributed by atoms with Gasteiger partial charge in [-0.05, 0) is 42.7 Å². The van der Waals surface area contributed by atoms with Crippen LogP contribution in [-0.4, -0.2) is 27.6 Å². The number of nitrogens with zero attached hydrogens (tertiary/aromatic N) is 3. The molecule has 0 radical (unpaired) electrons. The van der Waals surface area contributed by atoms with Gasteiger partial charge < -0.3 is 10.1 Å². The fraction of sp³-hybridized carbons (Fsp3) is 0.278. The Labute approximate surface area is 140 Å². The van der Waals surface area contributed by atoms with Crippen LogP contribution >= 0.6 is 0 Å². The van der Waals surface area contributed by atoms with Gasteiger partial charge in [0.2, 0.25) is 0 Å². The molecular weight excluding hydrogens is 304 g/mol. The van der Waals surface area contributed by atoms with E-state index in [0.29, 0.717) is 11.3 Å². The van der Waals surface area contributed by atoms with Crippen molar-refractivity contribution in [3.8, 4) is 5.75 Å². The summed E-state index contributed by atoms with van der Waals surface area (Å²) >= 11 is 0. The topological polar surface area (TPSA) is 68.5 Å². The lowest BCUT2D eigenvalue weighted by Crippen LogP contribution is -2.16. The molecule has 124 valence electrons. The van der Waals surface area contributed by atoms with Crippen molar-refractivity contribution < 1.29 is 9.53 Å². The van der Waals surface area contributed by atoms with Crippen molar-refractivity contribution in [3.63, 3.8) is 0 Å². The number of aryl methyl sites for hydroxylation is 1. The number of carbonyl (C=O) groups excluding carboxylic acids is 1. The van der Waals surface area contributed by atoms with Crippen LogP contribution in [0, 0.1) is 6.92 Å². The number of ether oxygens (including phenoxy) is 1. The number of hydrogen-bond acceptors (Lipinski definition) is 4. The van der Waals surface area contributed by atoms with E-state index >= 15 is 0 Å². The van der Waals surface area contributed by atoms with Crippen LogP contribution < -0.4 is 10.1 Å². The van der Waals surface area contributed by atoms with Crippen LogP contribution in [0.15, 0.2) is 36.5 Å². The zero-order valence-corrected chi connectivity index (χ0v) is 14.2. The molecule has 0 aliphatic carbocycles. The summed E-state index contributed by atoms with van der Waals surface area (Å²) in [4.78, 5) is 17.0. The lowest BCUT2D eigenvalue weighted by molar-refractivity contribution is 0.102. The van der Waals surface area contributed by atoms with Gasteiger partial charge in [-0.1, -0.05) is 13.8 Å². The van der Waals surface area contributed by atoms with Crippen LogP contribution in [0.4, 0.5) is 5.69 Å². The van der Waals surface area contributed by atoms with Crippen LogP contribution in [0.25, 0.3) is 5.65 Å². The molecule has 2 aromatic heterocycles. The minimum Gasteiger partial charge on any atom is -0.497 e. The van der Waals surface area contributed by atoms with E-state index in [1.165, 1.54) is 0 Å². The van der Waals surface area contributed by atoms with E-state index in [9.17, 15) is 4.79 Å². The van der Waals surface area contributed by atoms with Gasteiger partial charge in [0.1, 0.15) is 11.4 Å². The monoisotopic (exact) mass is 324 g/mol. The maximum Gasteiger partial charge on any atom is 0.274 e. The zero-order chi connectivity index (χ0) is 17.3. The Morgan fingerprint density at radius 1 is 1.25 bits per heavy atom. The van der Waals surface area contributed by atoms with Crippen molar-refractivity contribution >= 4 is 17.2 Å². The highest BCUT2D eigenvalue weighted by Gasteiger charge is 2.15. The molecule has 2 heterocycles. The van der Waals surface area contributed by atoms with Crippen molar-refractivity contribution in [2.45, 2.75) is 26.7 Å². The van der Waals surface area contributed by atoms with Crippen molar-refractivity contribution in [2.24, 2.45) is 0 Å². The summed E-state index contributed by atoms with van der Waals surface area (Å²) < 4.78 is 6.95. The predicted octanol–water partition coefficient (Wildman–Crippen LogP) is 3.42. The van der Waals surface area contributed by atoms with E-state index in [0.717, 1.165) is 22.7 Å². The van der Waals surface area contributed by atoms with Gasteiger partial charge in [-0.25, -0.2) is 9.50 Å². The number of nitrogens with one attached hydrogen (secondary N) is 1. The van der Waals surface area contributed by atoms with Gasteiger partial charge in [-0.15, -0.1) is 0 Å². The van der Waals surface area contributed by atoms with Gasteiger partial charge in [0.05, 0.1) is 13.3 Å². The SMILES string of the molecule is COc1ccc(NC(=O)c2cc(C(C)C)n3nccc3n2)c(C)c1. The average Bonchev–Trinajstić information content (AvgIpc) is 3.03. The lowest BCUT2D eigenvalue weighted by atomic mass is 10.1. The van der Waals surface area contributed by atoms with E-state index in [-0.39, 0.29) is 11.8 Å². The van der Waals surface area contributed by atoms with Crippen molar-refractivity contribution in [3.05, 3.63) is 53.5 Å². The Balaban J connectivity index is 1.94. The maximum atomic E-state index is 12.6. The normalized spacial score (nSPS) is 11.0. The van der Waals surface area contributed by atoms with Gasteiger partial charge in [0.25, 0.3) is 5.91 Å². The molecule has 0 saturated carbocycles. The van der Waals surface area contributed by atoms with Crippen LogP contribution in [0.5, 0.6) is 5.75 Å². The fourth-order valence-corrected chi connectivity index (χ4v) is 2.55. The number of anilines is 1. The second-order valence-electron chi connectivity index (χ2n) is 5.96. The molecule has 24 heavy (non-hydrogen) atoms. The first-order valence-corrected chi connectivity index (χ1v) is 7.80. The van der Waals surface area contributed by atoms with Gasteiger partial charge in [-0.2, -0.15) is 5.10 Å². The van der Waals surface area contributed by atoms with E-state index in [1.807, 2.05) is 25.1 Å². The molecule has 0 unspecified atom stereocenters. The zero-order valence-electron chi connectivity index (χ0n) is 14.2. The summed E-state index contributed by atoms with van der Waals surface area (Å²) in [5.74, 6) is 0.741. The average molecular weight is 324 g/mol. The molecule has 3 rings (SSSR count). The number of hydrogen-bond donors (Lipinski definition) is 1. The van der Waals surface area contributed by atoms with E-state index in [4.69, 9.17) is 4.74 Å². The first-order valence-electron chi connectivity index (χ1n) is 7.80. The minimum absolute atomic E-state index is 0.227. The summed E-state index contributed by atoms with van der Waals surface area (Å²) in [6.45, 7) is 6.04. The fourth-order valence-electron chi connectivity index (χ4n) is 2.55. The van der Waals surface area contributed by atoms with Gasteiger partial charge in [0.15, 0.2) is 5.65 Å². The molecule has 6 heteroatoms. The molecular formula is C18H20N4O2. The smallest absolute Gasteiger partial charge is 0.274 e. The van der Waals surface area contributed by atoms with Crippen molar-refractivity contribution in [2.75, 3.05) is 12.4 Å². The summed E-state index contributed by atoms with van der Waals surface area (Å²) in [5, 5.41) is 7.18. The number of rotatable bonds is 4. The largest absolute Gasteiger partial charge is 0.497 e. The van der Waals surface area contributed by atoms with Crippen LogP contribution in [0.1, 0.15) is 41.5 Å². The Morgan fingerprint density at radius 2 is 2.04 bits per heavy atom. The first kappa shape index (κ1) is 16.0. The molecule has 0 bridgehead atoms. The maximum absolute atomic E-state index is 12.6. The number of benzene rings is 1. The molecule has 3 aromatic rings. The molecule has 0 atom stereocenters. The molecule has 0 saturated heterocycles. The van der Waals surface area contributed by atoms with Crippen LogP contribution in [0.2, 0.25) is 0 Å². The van der Waals surface area contributed by atoms with Crippen LogP contribution in [-0.2, 0) is 0 Å². The second kappa shape index (κ2) is 6.31. The Bertz CT molecular complexity index is 899. The Kier molecular flexibility index (Phi) is 4.20. The highest BCUT2D eigenvalue weighted by atomic mass is 16.5. The Hall–Kier alpha value is -2.89. The molecule has 0 spiro atoms. The highest BCUT2D eigenvalue weighted by Crippen LogP contribution is 2.22. The predicted molar refractivity (Wildman–Crippen MR) is 92.8 cm³/mol. The number of methoxy groups -OCH3 is 1. The molecule has 1 amide bonds. The Morgan fingerprint density at radius 3 is 2.71 bits per heavy atom. The summed E-state index contributed by atoms with van der Waals surface area (Å²) in [5.41, 5.74) is 3.65. The van der Waals surface area contributed by atoms with Gasteiger partial charge in [-0.3, -0.25) is 4.79 Å². The lowest BCUT2D eigenvalue weighted by Gasteiger charge is -2.12. The standard InChI is InChI=1S/C18H20N4O2/c1-11(2)16-10-15(20-17-7-8-19-22(16)17)18(23)21-14-6-5-13(24-4)9-12(14)3/h5-11H,1-4H3,(H,21,23). The molecule has 0 aliphatic heterocycles. The third kappa shape index (κ3) is 2.95. The van der Waals surface area contributed by atoms with E-state index < -0.39 is 0 Å². The quantitative estimate of drug-likeness (QED) is 0.798. The highest BCUT2D eigenvalue weighted by molar-refractivity contribution is 6.03. The number of aromatic nitrogens is 3. The second-order valence-corrected chi connectivity index (χ2v) is 5.96. The third-order valence-corrected chi connectivity index (χ3v) is 3.89. The number of fused-ring (bicyclic) bond motifs is 1. The van der Waals surface area contributed by atoms with Crippen molar-refractivity contribution in [1.82, 2.24) is 14.6 Å². The van der Waals surface area contributed by atoms with Gasteiger partial charge in [0, 0.05) is 17.4 Å². The van der Waals surface area contributed by atoms with E-state index in [1.54, 1.807) is 30.0 Å². The molecule has 0 fully saturated rings. The van der Waals surface area contributed by atoms with E-state index in [2.05, 4.69) is 29.2 Å². The molecule has 1 N–H and O–H groups in total. The molecule has 6 nitrogen and oxygen atoms in total. The van der Waals surface area contributed by atoms with Gasteiger partial charge >= 0.3 is 0 Å². The summed E-state index contributed by atoms with van der Waals surface area (Å²) in [6, 6.07) is 9.10. The minimum atomic E-state index is -0.242. The molecule has 0 aliphatic rings. The summed E-state index contributed by atoms with van der Waals surface area (Å²) in [7, 11) is 1.62.